The average molecular weight is 215 g/mol. The molecule has 1 nitrogen and oxygen atoms in total. The average Bonchev–Trinajstić information content (AvgIpc) is 2.01. The first-order valence-electron chi connectivity index (χ1n) is 4.49. The molecule has 0 bridgehead atoms. The fourth-order valence-electron chi connectivity index (χ4n) is 1.20. The maximum atomic E-state index is 13.2. The summed E-state index contributed by atoms with van der Waals surface area (Å²) < 4.78 is 13.2. The molecule has 1 rings (SSSR count). The minimum atomic E-state index is -0.539. The minimum absolute atomic E-state index is 0.128. The highest BCUT2D eigenvalue weighted by Gasteiger charge is 2.12. The molecule has 0 aromatic heterocycles. The number of carbonyl (C=O) groups is 1. The molecule has 1 aromatic carbocycles. The van der Waals surface area contributed by atoms with Gasteiger partial charge in [-0.1, -0.05) is 25.4 Å². The maximum absolute atomic E-state index is 13.2. The van der Waals surface area contributed by atoms with Gasteiger partial charge in [0, 0.05) is 11.4 Å². The highest BCUT2D eigenvalue weighted by molar-refractivity contribution is 6.30. The monoisotopic (exact) mass is 214 g/mol. The van der Waals surface area contributed by atoms with Crippen molar-refractivity contribution < 1.29 is 9.18 Å². The largest absolute Gasteiger partial charge is 0.294 e. The van der Waals surface area contributed by atoms with Crippen molar-refractivity contribution in [2.45, 2.75) is 20.3 Å². The van der Waals surface area contributed by atoms with Crippen LogP contribution in [0.3, 0.4) is 0 Å². The van der Waals surface area contributed by atoms with Crippen LogP contribution in [0.2, 0.25) is 5.02 Å². The summed E-state index contributed by atoms with van der Waals surface area (Å²) in [6, 6.07) is 4.12. The molecule has 14 heavy (non-hydrogen) atoms. The van der Waals surface area contributed by atoms with Gasteiger partial charge in [-0.05, 0) is 24.1 Å². The van der Waals surface area contributed by atoms with Gasteiger partial charge in [-0.3, -0.25) is 4.79 Å². The van der Waals surface area contributed by atoms with Crippen LogP contribution in [0.25, 0.3) is 0 Å². The lowest BCUT2D eigenvalue weighted by atomic mass is 10.0. The van der Waals surface area contributed by atoms with E-state index in [1.54, 1.807) is 0 Å². The SMILES string of the molecule is CC(C)CC(=O)c1ccc(Cl)cc1F. The molecule has 0 saturated heterocycles. The third kappa shape index (κ3) is 2.81. The van der Waals surface area contributed by atoms with Crippen LogP contribution in [-0.4, -0.2) is 5.78 Å². The second kappa shape index (κ2) is 4.56. The highest BCUT2D eigenvalue weighted by Crippen LogP contribution is 2.17. The number of benzene rings is 1. The normalized spacial score (nSPS) is 10.6. The van der Waals surface area contributed by atoms with Gasteiger partial charge in [0.1, 0.15) is 5.82 Å². The second-order valence-electron chi connectivity index (χ2n) is 3.65. The molecular formula is C11H12ClFO. The first-order valence-corrected chi connectivity index (χ1v) is 4.86. The van der Waals surface area contributed by atoms with Crippen LogP contribution < -0.4 is 0 Å². The van der Waals surface area contributed by atoms with Gasteiger partial charge in [0.25, 0.3) is 0 Å². The van der Waals surface area contributed by atoms with E-state index in [0.717, 1.165) is 6.07 Å². The molecule has 1 aromatic rings. The topological polar surface area (TPSA) is 17.1 Å². The van der Waals surface area contributed by atoms with Crippen molar-refractivity contribution in [3.63, 3.8) is 0 Å². The number of hydrogen-bond acceptors (Lipinski definition) is 1. The lowest BCUT2D eigenvalue weighted by Crippen LogP contribution is -2.05. The van der Waals surface area contributed by atoms with Crippen LogP contribution in [0.5, 0.6) is 0 Å². The zero-order valence-corrected chi connectivity index (χ0v) is 8.94. The molecule has 0 saturated carbocycles. The molecule has 0 amide bonds. The molecule has 0 spiro atoms. The fraction of sp³-hybridized carbons (Fsp3) is 0.364. The van der Waals surface area contributed by atoms with Gasteiger partial charge in [-0.2, -0.15) is 0 Å². The summed E-state index contributed by atoms with van der Waals surface area (Å²) in [6.45, 7) is 3.84. The van der Waals surface area contributed by atoms with E-state index in [1.807, 2.05) is 13.8 Å². The van der Waals surface area contributed by atoms with Crippen molar-refractivity contribution in [3.8, 4) is 0 Å². The van der Waals surface area contributed by atoms with Gasteiger partial charge >= 0.3 is 0 Å². The molecule has 0 fully saturated rings. The highest BCUT2D eigenvalue weighted by atomic mass is 35.5. The lowest BCUT2D eigenvalue weighted by Gasteiger charge is -2.05. The van der Waals surface area contributed by atoms with E-state index in [0.29, 0.717) is 11.4 Å². The Balaban J connectivity index is 2.90. The van der Waals surface area contributed by atoms with Crippen LogP contribution in [0.15, 0.2) is 18.2 Å². The van der Waals surface area contributed by atoms with E-state index in [2.05, 4.69) is 0 Å². The summed E-state index contributed by atoms with van der Waals surface area (Å²) in [5.74, 6) is -0.477. The van der Waals surface area contributed by atoms with Crippen molar-refractivity contribution >= 4 is 17.4 Å². The van der Waals surface area contributed by atoms with E-state index in [9.17, 15) is 9.18 Å². The molecule has 0 heterocycles. The van der Waals surface area contributed by atoms with Gasteiger partial charge in [-0.25, -0.2) is 4.39 Å². The van der Waals surface area contributed by atoms with Gasteiger partial charge < -0.3 is 0 Å². The first-order chi connectivity index (χ1) is 6.50. The molecule has 0 unspecified atom stereocenters. The number of carbonyl (C=O) groups excluding carboxylic acids is 1. The zero-order valence-electron chi connectivity index (χ0n) is 8.18. The van der Waals surface area contributed by atoms with Crippen LogP contribution in [0.4, 0.5) is 4.39 Å². The van der Waals surface area contributed by atoms with Crippen molar-refractivity contribution in [2.75, 3.05) is 0 Å². The van der Waals surface area contributed by atoms with Gasteiger partial charge in [0.05, 0.1) is 5.56 Å². The second-order valence-corrected chi connectivity index (χ2v) is 4.08. The Morgan fingerprint density at radius 1 is 1.50 bits per heavy atom. The molecule has 0 atom stereocenters. The zero-order chi connectivity index (χ0) is 10.7. The summed E-state index contributed by atoms with van der Waals surface area (Å²) in [4.78, 5) is 11.5. The summed E-state index contributed by atoms with van der Waals surface area (Å²) in [5.41, 5.74) is 0.128. The Morgan fingerprint density at radius 2 is 2.14 bits per heavy atom. The number of hydrogen-bond donors (Lipinski definition) is 0. The Labute approximate surface area is 87.9 Å². The van der Waals surface area contributed by atoms with Gasteiger partial charge in [0.2, 0.25) is 0 Å². The first kappa shape index (κ1) is 11.2. The van der Waals surface area contributed by atoms with E-state index in [4.69, 9.17) is 11.6 Å². The van der Waals surface area contributed by atoms with Crippen molar-refractivity contribution in [1.29, 1.82) is 0 Å². The number of Topliss-reactive ketones (excluding diaryl/α,β-unsaturated/α-hetero) is 1. The third-order valence-electron chi connectivity index (χ3n) is 1.83. The Kier molecular flexibility index (Phi) is 3.64. The van der Waals surface area contributed by atoms with Crippen LogP contribution in [0, 0.1) is 11.7 Å². The predicted octanol–water partition coefficient (Wildman–Crippen LogP) is 3.71. The number of halogens is 2. The smallest absolute Gasteiger partial charge is 0.166 e. The predicted molar refractivity (Wildman–Crippen MR) is 55.2 cm³/mol. The summed E-state index contributed by atoms with van der Waals surface area (Å²) in [7, 11) is 0. The lowest BCUT2D eigenvalue weighted by molar-refractivity contribution is 0.0964. The molecule has 76 valence electrons. The Bertz CT molecular complexity index is 347. The standard InChI is InChI=1S/C11H12ClFO/c1-7(2)5-11(14)9-4-3-8(12)6-10(9)13/h3-4,6-7H,5H2,1-2H3. The maximum Gasteiger partial charge on any atom is 0.166 e. The quantitative estimate of drug-likeness (QED) is 0.701. The van der Waals surface area contributed by atoms with Crippen LogP contribution in [-0.2, 0) is 0 Å². The minimum Gasteiger partial charge on any atom is -0.294 e. The van der Waals surface area contributed by atoms with Crippen LogP contribution in [0.1, 0.15) is 30.6 Å². The molecule has 0 aliphatic carbocycles. The molecule has 3 heteroatoms. The number of rotatable bonds is 3. The molecule has 0 aliphatic heterocycles. The van der Waals surface area contributed by atoms with Crippen LogP contribution >= 0.6 is 11.6 Å². The molecule has 0 aliphatic rings. The van der Waals surface area contributed by atoms with E-state index in [1.165, 1.54) is 12.1 Å². The summed E-state index contributed by atoms with van der Waals surface area (Å²) in [5, 5.41) is 0.309. The summed E-state index contributed by atoms with van der Waals surface area (Å²) >= 11 is 5.58. The van der Waals surface area contributed by atoms with Crippen molar-refractivity contribution in [1.82, 2.24) is 0 Å². The van der Waals surface area contributed by atoms with Crippen molar-refractivity contribution in [2.24, 2.45) is 5.92 Å². The van der Waals surface area contributed by atoms with Crippen molar-refractivity contribution in [3.05, 3.63) is 34.6 Å². The van der Waals surface area contributed by atoms with Gasteiger partial charge in [0.15, 0.2) is 5.78 Å². The third-order valence-corrected chi connectivity index (χ3v) is 2.06. The molecular weight excluding hydrogens is 203 g/mol. The summed E-state index contributed by atoms with van der Waals surface area (Å²) in [6.07, 6.45) is 0.360. The van der Waals surface area contributed by atoms with E-state index < -0.39 is 5.82 Å². The fourth-order valence-corrected chi connectivity index (χ4v) is 1.36. The molecule has 0 radical (unpaired) electrons. The van der Waals surface area contributed by atoms with E-state index in [-0.39, 0.29) is 17.3 Å². The molecule has 0 N–H and O–H groups in total. The number of ketones is 1. The van der Waals surface area contributed by atoms with Gasteiger partial charge in [-0.15, -0.1) is 0 Å². The Hall–Kier alpha value is -0.890. The Morgan fingerprint density at radius 3 is 2.64 bits per heavy atom. The van der Waals surface area contributed by atoms with E-state index >= 15 is 0 Å².